The van der Waals surface area contributed by atoms with Gasteiger partial charge in [0.1, 0.15) is 17.6 Å². The molecule has 0 atom stereocenters. The average molecular weight is 322 g/mol. The Morgan fingerprint density at radius 2 is 1.71 bits per heavy atom. The number of carbonyl (C=O) groups is 1. The fourth-order valence-electron chi connectivity index (χ4n) is 1.95. The molecule has 0 spiro atoms. The van der Waals surface area contributed by atoms with Crippen LogP contribution in [0.25, 0.3) is 6.08 Å². The third kappa shape index (κ3) is 5.50. The Morgan fingerprint density at radius 3 is 2.33 bits per heavy atom. The number of ether oxygens (including phenoxy) is 2. The van der Waals surface area contributed by atoms with Crippen LogP contribution in [0.1, 0.15) is 12.5 Å². The first-order chi connectivity index (χ1) is 11.7. The highest BCUT2D eigenvalue weighted by Crippen LogP contribution is 2.16. The van der Waals surface area contributed by atoms with Crippen LogP contribution in [0.2, 0.25) is 0 Å². The Labute approximate surface area is 141 Å². The summed E-state index contributed by atoms with van der Waals surface area (Å²) in [5, 5.41) is 11.2. The van der Waals surface area contributed by atoms with Crippen LogP contribution in [-0.4, -0.2) is 19.1 Å². The fraction of sp³-hybridized carbons (Fsp3) is 0.158. The first-order valence-electron chi connectivity index (χ1n) is 7.53. The smallest absolute Gasteiger partial charge is 0.248 e. The van der Waals surface area contributed by atoms with Crippen molar-refractivity contribution in [1.82, 2.24) is 0 Å². The van der Waals surface area contributed by atoms with Crippen molar-refractivity contribution in [2.45, 2.75) is 6.92 Å². The number of nitrogens with zero attached hydrogens (tertiary/aromatic N) is 1. The van der Waals surface area contributed by atoms with E-state index in [9.17, 15) is 4.79 Å². The number of nitrogens with one attached hydrogen (secondary N) is 1. The predicted octanol–water partition coefficient (Wildman–Crippen LogP) is 3.64. The maximum Gasteiger partial charge on any atom is 0.248 e. The molecule has 2 rings (SSSR count). The number of rotatable bonds is 7. The maximum absolute atomic E-state index is 11.9. The molecule has 0 aliphatic carbocycles. The Hall–Kier alpha value is -3.26. The normalized spacial score (nSPS) is 10.2. The molecular weight excluding hydrogens is 304 g/mol. The topological polar surface area (TPSA) is 71.3 Å². The zero-order valence-corrected chi connectivity index (χ0v) is 13.4. The van der Waals surface area contributed by atoms with Crippen LogP contribution >= 0.6 is 0 Å². The highest BCUT2D eigenvalue weighted by atomic mass is 16.5. The molecule has 0 fully saturated rings. The molecule has 2 aromatic rings. The molecule has 0 aromatic heterocycles. The standard InChI is InChI=1S/C19H18N2O3/c1-2-23-17-10-6-16(7-11-17)21-19(22)12-5-15-3-8-18(9-4-15)24-14-13-20/h3-12H,2,14H2,1H3,(H,21,22)/b12-5+. The molecule has 1 N–H and O–H groups in total. The van der Waals surface area contributed by atoms with Gasteiger partial charge in [0.2, 0.25) is 5.91 Å². The highest BCUT2D eigenvalue weighted by Gasteiger charge is 1.99. The molecule has 0 bridgehead atoms. The average Bonchev–Trinajstić information content (AvgIpc) is 2.61. The van der Waals surface area contributed by atoms with Crippen molar-refractivity contribution in [1.29, 1.82) is 5.26 Å². The van der Waals surface area contributed by atoms with Crippen molar-refractivity contribution in [2.75, 3.05) is 18.5 Å². The summed E-state index contributed by atoms with van der Waals surface area (Å²) in [5.74, 6) is 1.17. The minimum atomic E-state index is -0.219. The first-order valence-corrected chi connectivity index (χ1v) is 7.53. The van der Waals surface area contributed by atoms with Crippen molar-refractivity contribution in [2.24, 2.45) is 0 Å². The largest absolute Gasteiger partial charge is 0.494 e. The molecule has 0 heterocycles. The summed E-state index contributed by atoms with van der Waals surface area (Å²) in [7, 11) is 0. The van der Waals surface area contributed by atoms with Crippen LogP contribution in [-0.2, 0) is 4.79 Å². The van der Waals surface area contributed by atoms with Gasteiger partial charge in [-0.2, -0.15) is 5.26 Å². The number of hydrogen-bond acceptors (Lipinski definition) is 4. The van der Waals surface area contributed by atoms with Gasteiger partial charge in [-0.1, -0.05) is 12.1 Å². The molecular formula is C19H18N2O3. The van der Waals surface area contributed by atoms with Gasteiger partial charge in [0, 0.05) is 11.8 Å². The molecule has 0 aliphatic rings. The first kappa shape index (κ1) is 17.1. The lowest BCUT2D eigenvalue weighted by Crippen LogP contribution is -2.07. The lowest BCUT2D eigenvalue weighted by Gasteiger charge is -2.05. The van der Waals surface area contributed by atoms with Gasteiger partial charge in [0.25, 0.3) is 0 Å². The second-order valence-electron chi connectivity index (χ2n) is 4.80. The summed E-state index contributed by atoms with van der Waals surface area (Å²) in [6, 6.07) is 16.2. The lowest BCUT2D eigenvalue weighted by atomic mass is 10.2. The van der Waals surface area contributed by atoms with Crippen molar-refractivity contribution in [3.05, 3.63) is 60.2 Å². The van der Waals surface area contributed by atoms with E-state index in [0.29, 0.717) is 18.0 Å². The molecule has 0 radical (unpaired) electrons. The number of amides is 1. The van der Waals surface area contributed by atoms with E-state index in [-0.39, 0.29) is 12.5 Å². The third-order valence-corrected chi connectivity index (χ3v) is 3.04. The van der Waals surface area contributed by atoms with Crippen LogP contribution in [0.15, 0.2) is 54.6 Å². The highest BCUT2D eigenvalue weighted by molar-refractivity contribution is 6.01. The van der Waals surface area contributed by atoms with E-state index < -0.39 is 0 Å². The van der Waals surface area contributed by atoms with Gasteiger partial charge in [-0.25, -0.2) is 0 Å². The molecule has 0 saturated carbocycles. The van der Waals surface area contributed by atoms with Gasteiger partial charge < -0.3 is 14.8 Å². The zero-order chi connectivity index (χ0) is 17.2. The number of nitriles is 1. The fourth-order valence-corrected chi connectivity index (χ4v) is 1.95. The monoisotopic (exact) mass is 322 g/mol. The molecule has 0 aliphatic heterocycles. The van der Waals surface area contributed by atoms with Crippen LogP contribution in [0.4, 0.5) is 5.69 Å². The summed E-state index contributed by atoms with van der Waals surface area (Å²) in [5.41, 5.74) is 1.56. The predicted molar refractivity (Wildman–Crippen MR) is 92.8 cm³/mol. The lowest BCUT2D eigenvalue weighted by molar-refractivity contribution is -0.111. The molecule has 24 heavy (non-hydrogen) atoms. The van der Waals surface area contributed by atoms with Gasteiger partial charge in [0.05, 0.1) is 6.61 Å². The van der Waals surface area contributed by atoms with Crippen LogP contribution in [0.3, 0.4) is 0 Å². The van der Waals surface area contributed by atoms with E-state index in [1.165, 1.54) is 6.08 Å². The van der Waals surface area contributed by atoms with Crippen LogP contribution in [0.5, 0.6) is 11.5 Å². The third-order valence-electron chi connectivity index (χ3n) is 3.04. The van der Waals surface area contributed by atoms with Gasteiger partial charge in [-0.15, -0.1) is 0 Å². The van der Waals surface area contributed by atoms with E-state index in [4.69, 9.17) is 14.7 Å². The summed E-state index contributed by atoms with van der Waals surface area (Å²) in [4.78, 5) is 11.9. The van der Waals surface area contributed by atoms with Gasteiger partial charge in [0.15, 0.2) is 6.61 Å². The molecule has 122 valence electrons. The van der Waals surface area contributed by atoms with Crippen molar-refractivity contribution in [3.63, 3.8) is 0 Å². The van der Waals surface area contributed by atoms with Gasteiger partial charge in [-0.3, -0.25) is 4.79 Å². The van der Waals surface area contributed by atoms with Crippen LogP contribution < -0.4 is 14.8 Å². The Bertz CT molecular complexity index is 729. The molecule has 0 unspecified atom stereocenters. The minimum Gasteiger partial charge on any atom is -0.494 e. The molecule has 1 amide bonds. The minimum absolute atomic E-state index is 0.0136. The molecule has 5 heteroatoms. The van der Waals surface area contributed by atoms with Gasteiger partial charge >= 0.3 is 0 Å². The summed E-state index contributed by atoms with van der Waals surface area (Å²) in [6.45, 7) is 2.54. The number of hydrogen-bond donors (Lipinski definition) is 1. The van der Waals surface area contributed by atoms with E-state index in [1.54, 1.807) is 30.3 Å². The van der Waals surface area contributed by atoms with Crippen molar-refractivity contribution >= 4 is 17.7 Å². The number of benzene rings is 2. The zero-order valence-electron chi connectivity index (χ0n) is 13.4. The number of anilines is 1. The Balaban J connectivity index is 1.89. The van der Waals surface area contributed by atoms with E-state index in [2.05, 4.69) is 5.32 Å². The molecule has 5 nitrogen and oxygen atoms in total. The van der Waals surface area contributed by atoms with E-state index >= 15 is 0 Å². The summed E-state index contributed by atoms with van der Waals surface area (Å²) >= 11 is 0. The second-order valence-corrected chi connectivity index (χ2v) is 4.80. The molecule has 2 aromatic carbocycles. The van der Waals surface area contributed by atoms with Crippen molar-refractivity contribution in [3.8, 4) is 17.6 Å². The second kappa shape index (κ2) is 9.01. The quantitative estimate of drug-likeness (QED) is 0.790. The Morgan fingerprint density at radius 1 is 1.08 bits per heavy atom. The van der Waals surface area contributed by atoms with E-state index in [1.807, 2.05) is 37.3 Å². The van der Waals surface area contributed by atoms with E-state index in [0.717, 1.165) is 11.3 Å². The SMILES string of the molecule is CCOc1ccc(NC(=O)/C=C/c2ccc(OCC#N)cc2)cc1. The van der Waals surface area contributed by atoms with Crippen LogP contribution in [0, 0.1) is 11.3 Å². The van der Waals surface area contributed by atoms with Gasteiger partial charge in [-0.05, 0) is 55.0 Å². The Kier molecular flexibility index (Phi) is 6.42. The molecule has 0 saturated heterocycles. The maximum atomic E-state index is 11.9. The summed E-state index contributed by atoms with van der Waals surface area (Å²) in [6.07, 6.45) is 3.17. The summed E-state index contributed by atoms with van der Waals surface area (Å²) < 4.78 is 10.5. The van der Waals surface area contributed by atoms with Crippen molar-refractivity contribution < 1.29 is 14.3 Å². The number of carbonyl (C=O) groups excluding carboxylic acids is 1.